The Morgan fingerprint density at radius 2 is 1.75 bits per heavy atom. The molecule has 4 nitrogen and oxygen atoms in total. The molecule has 20 heavy (non-hydrogen) atoms. The van der Waals surface area contributed by atoms with Gasteiger partial charge in [-0.3, -0.25) is 4.90 Å². The number of piperidine rings is 2. The molecule has 0 aliphatic carbocycles. The maximum absolute atomic E-state index is 6.19. The number of likely N-dealkylation sites (tertiary alicyclic amines) is 2. The minimum Gasteiger partial charge on any atom is -0.381 e. The van der Waals surface area contributed by atoms with E-state index in [2.05, 4.69) is 23.6 Å². The van der Waals surface area contributed by atoms with Gasteiger partial charge >= 0.3 is 0 Å². The third-order valence-electron chi connectivity index (χ3n) is 5.24. The summed E-state index contributed by atoms with van der Waals surface area (Å²) in [5.41, 5.74) is 6.45. The Balaban J connectivity index is 1.88. The molecule has 0 atom stereocenters. The summed E-state index contributed by atoms with van der Waals surface area (Å²) in [5, 5.41) is 0. The molecule has 0 spiro atoms. The maximum atomic E-state index is 6.19. The van der Waals surface area contributed by atoms with Crippen molar-refractivity contribution in [2.75, 3.05) is 46.4 Å². The Morgan fingerprint density at radius 3 is 2.20 bits per heavy atom. The fourth-order valence-corrected chi connectivity index (χ4v) is 3.88. The number of hydrogen-bond acceptors (Lipinski definition) is 4. The van der Waals surface area contributed by atoms with Crippen molar-refractivity contribution in [2.45, 2.75) is 51.2 Å². The van der Waals surface area contributed by atoms with Gasteiger partial charge in [-0.1, -0.05) is 13.8 Å². The van der Waals surface area contributed by atoms with E-state index in [4.69, 9.17) is 10.5 Å². The van der Waals surface area contributed by atoms with Crippen molar-refractivity contribution in [3.05, 3.63) is 0 Å². The fraction of sp³-hybridized carbons (Fsp3) is 1.00. The van der Waals surface area contributed by atoms with Crippen molar-refractivity contribution >= 4 is 0 Å². The third kappa shape index (κ3) is 3.73. The second-order valence-corrected chi connectivity index (χ2v) is 7.05. The Kier molecular flexibility index (Phi) is 5.84. The Morgan fingerprint density at radius 1 is 1.15 bits per heavy atom. The molecule has 4 heteroatoms. The molecule has 0 aromatic carbocycles. The van der Waals surface area contributed by atoms with Gasteiger partial charge in [0.1, 0.15) is 0 Å². The van der Waals surface area contributed by atoms with Gasteiger partial charge in [0, 0.05) is 38.8 Å². The topological polar surface area (TPSA) is 41.7 Å². The molecule has 2 saturated heterocycles. The van der Waals surface area contributed by atoms with Crippen LogP contribution in [0.1, 0.15) is 39.5 Å². The highest BCUT2D eigenvalue weighted by Crippen LogP contribution is 2.31. The van der Waals surface area contributed by atoms with Crippen molar-refractivity contribution in [3.8, 4) is 0 Å². The van der Waals surface area contributed by atoms with Crippen LogP contribution in [-0.2, 0) is 4.74 Å². The number of hydrogen-bond donors (Lipinski definition) is 1. The first-order valence-corrected chi connectivity index (χ1v) is 8.30. The Labute approximate surface area is 124 Å². The van der Waals surface area contributed by atoms with Gasteiger partial charge in [0.25, 0.3) is 0 Å². The van der Waals surface area contributed by atoms with Crippen LogP contribution in [0.25, 0.3) is 0 Å². The van der Waals surface area contributed by atoms with Crippen LogP contribution in [0.2, 0.25) is 0 Å². The van der Waals surface area contributed by atoms with Crippen LogP contribution in [-0.4, -0.2) is 67.8 Å². The van der Waals surface area contributed by atoms with Crippen LogP contribution in [0.5, 0.6) is 0 Å². The molecule has 0 bridgehead atoms. The molecule has 2 rings (SSSR count). The summed E-state index contributed by atoms with van der Waals surface area (Å²) in [6, 6.07) is 0. The average Bonchev–Trinajstić information content (AvgIpc) is 2.48. The summed E-state index contributed by atoms with van der Waals surface area (Å²) in [6.45, 7) is 11.4. The smallest absolute Gasteiger partial charge is 0.0595 e. The SMILES string of the molecule is COC1CCN(C2(CN)CCN(CC(C)C)CC2)CC1. The van der Waals surface area contributed by atoms with Gasteiger partial charge in [0.05, 0.1) is 6.10 Å². The molecular weight excluding hydrogens is 250 g/mol. The van der Waals surface area contributed by atoms with Gasteiger partial charge in [-0.15, -0.1) is 0 Å². The normalized spacial score (nSPS) is 26.2. The van der Waals surface area contributed by atoms with Crippen LogP contribution < -0.4 is 5.73 Å². The van der Waals surface area contributed by atoms with Gasteiger partial charge in [0.15, 0.2) is 0 Å². The predicted molar refractivity (Wildman–Crippen MR) is 83.9 cm³/mol. The molecule has 0 aromatic rings. The van der Waals surface area contributed by atoms with Gasteiger partial charge in [-0.05, 0) is 44.7 Å². The third-order valence-corrected chi connectivity index (χ3v) is 5.24. The van der Waals surface area contributed by atoms with Gasteiger partial charge in [-0.25, -0.2) is 0 Å². The Bertz CT molecular complexity index is 279. The van der Waals surface area contributed by atoms with E-state index in [9.17, 15) is 0 Å². The van der Waals surface area contributed by atoms with E-state index in [1.54, 1.807) is 0 Å². The molecule has 0 aromatic heterocycles. The summed E-state index contributed by atoms with van der Waals surface area (Å²) in [5.74, 6) is 0.762. The first-order chi connectivity index (χ1) is 9.59. The highest BCUT2D eigenvalue weighted by atomic mass is 16.5. The molecule has 0 saturated carbocycles. The maximum Gasteiger partial charge on any atom is 0.0595 e. The molecule has 0 amide bonds. The lowest BCUT2D eigenvalue weighted by Crippen LogP contribution is -2.61. The monoisotopic (exact) mass is 283 g/mol. The summed E-state index contributed by atoms with van der Waals surface area (Å²) >= 11 is 0. The van der Waals surface area contributed by atoms with Crippen LogP contribution in [0, 0.1) is 5.92 Å². The number of nitrogens with two attached hydrogens (primary N) is 1. The quantitative estimate of drug-likeness (QED) is 0.831. The molecular formula is C16H33N3O. The van der Waals surface area contributed by atoms with Crippen LogP contribution in [0.3, 0.4) is 0 Å². The molecule has 0 unspecified atom stereocenters. The van der Waals surface area contributed by atoms with Crippen molar-refractivity contribution in [3.63, 3.8) is 0 Å². The molecule has 2 N–H and O–H groups in total. The van der Waals surface area contributed by atoms with E-state index in [0.717, 1.165) is 38.4 Å². The second kappa shape index (κ2) is 7.21. The lowest BCUT2D eigenvalue weighted by atomic mass is 9.83. The minimum absolute atomic E-state index is 0.256. The molecule has 2 heterocycles. The summed E-state index contributed by atoms with van der Waals surface area (Å²) in [7, 11) is 1.84. The lowest BCUT2D eigenvalue weighted by Gasteiger charge is -2.50. The van der Waals surface area contributed by atoms with E-state index in [1.165, 1.54) is 32.5 Å². The van der Waals surface area contributed by atoms with E-state index >= 15 is 0 Å². The van der Waals surface area contributed by atoms with Crippen LogP contribution in [0.15, 0.2) is 0 Å². The van der Waals surface area contributed by atoms with Crippen molar-refractivity contribution in [1.29, 1.82) is 0 Å². The van der Waals surface area contributed by atoms with Gasteiger partial charge < -0.3 is 15.4 Å². The van der Waals surface area contributed by atoms with Gasteiger partial charge in [-0.2, -0.15) is 0 Å². The van der Waals surface area contributed by atoms with Crippen molar-refractivity contribution < 1.29 is 4.74 Å². The first kappa shape index (κ1) is 16.2. The standard InChI is InChI=1S/C16H33N3O/c1-14(2)12-18-10-6-16(13-17,7-11-18)19-8-4-15(20-3)5-9-19/h14-15H,4-13,17H2,1-3H3. The lowest BCUT2D eigenvalue weighted by molar-refractivity contribution is -0.0279. The molecule has 2 aliphatic heterocycles. The Hall–Kier alpha value is -0.160. The van der Waals surface area contributed by atoms with Crippen molar-refractivity contribution in [2.24, 2.45) is 11.7 Å². The summed E-state index contributed by atoms with van der Waals surface area (Å²) in [6.07, 6.45) is 5.24. The van der Waals surface area contributed by atoms with E-state index in [1.807, 2.05) is 7.11 Å². The first-order valence-electron chi connectivity index (χ1n) is 8.30. The van der Waals surface area contributed by atoms with Crippen LogP contribution in [0.4, 0.5) is 0 Å². The number of methoxy groups -OCH3 is 1. The number of nitrogens with zero attached hydrogens (tertiary/aromatic N) is 2. The number of rotatable bonds is 5. The van der Waals surface area contributed by atoms with Crippen molar-refractivity contribution in [1.82, 2.24) is 9.80 Å². The van der Waals surface area contributed by atoms with Crippen LogP contribution >= 0.6 is 0 Å². The zero-order valence-corrected chi connectivity index (χ0v) is 13.6. The predicted octanol–water partition coefficient (Wildman–Crippen LogP) is 1.55. The van der Waals surface area contributed by atoms with E-state index in [0.29, 0.717) is 6.10 Å². The van der Waals surface area contributed by atoms with Gasteiger partial charge in [0.2, 0.25) is 0 Å². The minimum atomic E-state index is 0.256. The highest BCUT2D eigenvalue weighted by molar-refractivity contribution is 4.98. The molecule has 118 valence electrons. The number of ether oxygens (including phenoxy) is 1. The molecule has 0 radical (unpaired) electrons. The average molecular weight is 283 g/mol. The largest absolute Gasteiger partial charge is 0.381 e. The molecule has 2 fully saturated rings. The molecule has 2 aliphatic rings. The second-order valence-electron chi connectivity index (χ2n) is 7.05. The zero-order valence-electron chi connectivity index (χ0n) is 13.6. The van der Waals surface area contributed by atoms with E-state index in [-0.39, 0.29) is 5.54 Å². The summed E-state index contributed by atoms with van der Waals surface area (Å²) < 4.78 is 5.49. The summed E-state index contributed by atoms with van der Waals surface area (Å²) in [4.78, 5) is 5.27. The van der Waals surface area contributed by atoms with E-state index < -0.39 is 0 Å². The highest BCUT2D eigenvalue weighted by Gasteiger charge is 2.40. The zero-order chi connectivity index (χ0) is 14.6. The fourth-order valence-electron chi connectivity index (χ4n) is 3.88.